The molecule has 5 N–H and O–H groups in total. The Bertz CT molecular complexity index is 1040. The van der Waals surface area contributed by atoms with Crippen molar-refractivity contribution < 1.29 is 41.8 Å². The molecular formula is C40H83N3O9S5. The maximum atomic E-state index is 10.4. The number of rotatable bonds is 35. The summed E-state index contributed by atoms with van der Waals surface area (Å²) in [7, 11) is -3.78. The van der Waals surface area contributed by atoms with Gasteiger partial charge >= 0.3 is 5.97 Å². The Morgan fingerprint density at radius 1 is 0.667 bits per heavy atom. The van der Waals surface area contributed by atoms with Crippen molar-refractivity contribution in [3.05, 3.63) is 18.2 Å². The van der Waals surface area contributed by atoms with Crippen LogP contribution in [0.15, 0.2) is 12.4 Å². The number of carboxylic acids is 1. The van der Waals surface area contributed by atoms with Crippen LogP contribution in [-0.4, -0.2) is 145 Å². The number of carboxylic acid groups (broad SMARTS) is 1. The van der Waals surface area contributed by atoms with Crippen molar-refractivity contribution in [2.24, 2.45) is 29.4 Å². The Balaban J connectivity index is -0.000000686. The molecule has 0 saturated carbocycles. The van der Waals surface area contributed by atoms with Gasteiger partial charge in [-0.3, -0.25) is 9.35 Å². The Morgan fingerprint density at radius 3 is 1.39 bits per heavy atom. The molecule has 0 fully saturated rings. The molecule has 0 aliphatic carbocycles. The molecule has 17 heteroatoms. The molecule has 0 atom stereocenters. The van der Waals surface area contributed by atoms with Gasteiger partial charge in [0, 0.05) is 101 Å². The standard InChI is InChI=1S/C12H22N2OS.C10H20O3S.C9H21NOS.C9H20O4S2/c1-11(2)10-15-7-3-8-16-9-4-12-13-5-6-14-12;1-9(2)8-13-5-3-6-14-7-4-10(11)12;1-9(2)8-11-5-3-6-12-7-4-10;1-9(2)8-13-4-3-5-14-6-7-15(10,11)12/h5-6,11H,3-4,7-10H2,1-2H3,(H,13,14);9H,3-8H2,1-2H3,(H,11,12);9H,3-8,10H2,1-2H3;9H,3-8H2,1-2H3,(H,10,11,12). The van der Waals surface area contributed by atoms with Crippen molar-refractivity contribution in [3.8, 4) is 0 Å². The average Bonchev–Trinajstić information content (AvgIpc) is 3.65. The number of aliphatic carboxylic acids is 1. The van der Waals surface area contributed by atoms with Gasteiger partial charge in [-0.25, -0.2) is 4.98 Å². The second-order valence-corrected chi connectivity index (χ2v) is 21.2. The first kappa shape index (κ1) is 61.1. The Morgan fingerprint density at radius 2 is 1.05 bits per heavy atom. The van der Waals surface area contributed by atoms with Crippen molar-refractivity contribution in [1.82, 2.24) is 9.97 Å². The highest BCUT2D eigenvalue weighted by Crippen LogP contribution is 2.07. The van der Waals surface area contributed by atoms with Gasteiger partial charge in [0.05, 0.1) is 12.2 Å². The average molecular weight is 910 g/mol. The maximum absolute atomic E-state index is 10.4. The van der Waals surface area contributed by atoms with Gasteiger partial charge in [-0.1, -0.05) is 55.4 Å². The molecule has 0 bridgehead atoms. The van der Waals surface area contributed by atoms with E-state index in [1.54, 1.807) is 18.0 Å². The zero-order chi connectivity index (χ0) is 43.4. The monoisotopic (exact) mass is 909 g/mol. The second-order valence-electron chi connectivity index (χ2n) is 14.7. The van der Waals surface area contributed by atoms with E-state index in [0.29, 0.717) is 35.2 Å². The molecule has 0 spiro atoms. The number of hydrogen-bond acceptors (Lipinski definition) is 13. The number of ether oxygens (including phenoxy) is 4. The molecule has 1 rings (SSSR count). The Labute approximate surface area is 365 Å². The molecule has 0 saturated heterocycles. The van der Waals surface area contributed by atoms with Crippen LogP contribution in [0.1, 0.15) is 93.3 Å². The first-order valence-corrected chi connectivity index (χ1v) is 26.8. The van der Waals surface area contributed by atoms with Gasteiger partial charge in [0.15, 0.2) is 0 Å². The lowest BCUT2D eigenvalue weighted by molar-refractivity contribution is -0.136. The zero-order valence-corrected chi connectivity index (χ0v) is 40.8. The number of imidazole rings is 1. The van der Waals surface area contributed by atoms with Gasteiger partial charge in [0.1, 0.15) is 5.82 Å². The lowest BCUT2D eigenvalue weighted by atomic mass is 10.2. The molecule has 1 aromatic rings. The smallest absolute Gasteiger partial charge is 0.304 e. The van der Waals surface area contributed by atoms with Crippen molar-refractivity contribution >= 4 is 63.1 Å². The van der Waals surface area contributed by atoms with Crippen molar-refractivity contribution in [2.45, 2.75) is 93.9 Å². The number of thioether (sulfide) groups is 4. The first-order chi connectivity index (χ1) is 27.1. The summed E-state index contributed by atoms with van der Waals surface area (Å²) >= 11 is 7.08. The number of nitrogens with zero attached hydrogens (tertiary/aromatic N) is 1. The summed E-state index contributed by atoms with van der Waals surface area (Å²) in [6.45, 7) is 24.6. The lowest BCUT2D eigenvalue weighted by Gasteiger charge is -2.06. The maximum Gasteiger partial charge on any atom is 0.304 e. The molecule has 0 aromatic carbocycles. The first-order valence-electron chi connectivity index (χ1n) is 20.6. The molecule has 0 radical (unpaired) electrons. The summed E-state index contributed by atoms with van der Waals surface area (Å²) in [6.07, 6.45) is 9.20. The summed E-state index contributed by atoms with van der Waals surface area (Å²) in [6, 6.07) is 0. The Kier molecular flexibility index (Phi) is 50.2. The Hall–Kier alpha value is -0.210. The summed E-state index contributed by atoms with van der Waals surface area (Å²) in [5, 5.41) is 8.38. The summed E-state index contributed by atoms with van der Waals surface area (Å²) in [5.41, 5.74) is 5.36. The van der Waals surface area contributed by atoms with Gasteiger partial charge in [-0.15, -0.1) is 0 Å². The largest absolute Gasteiger partial charge is 0.481 e. The summed E-state index contributed by atoms with van der Waals surface area (Å²) in [4.78, 5) is 17.5. The highest BCUT2D eigenvalue weighted by molar-refractivity contribution is 8.00. The van der Waals surface area contributed by atoms with E-state index in [2.05, 4.69) is 65.4 Å². The minimum absolute atomic E-state index is 0.162. The van der Waals surface area contributed by atoms with E-state index in [0.717, 1.165) is 120 Å². The van der Waals surface area contributed by atoms with Gasteiger partial charge in [0.25, 0.3) is 10.1 Å². The van der Waals surface area contributed by atoms with E-state index in [9.17, 15) is 13.2 Å². The zero-order valence-electron chi connectivity index (χ0n) is 36.8. The molecule has 0 unspecified atom stereocenters. The van der Waals surface area contributed by atoms with Gasteiger partial charge in [-0.05, 0) is 72.4 Å². The quantitative estimate of drug-likeness (QED) is 0.0376. The van der Waals surface area contributed by atoms with Crippen molar-refractivity contribution in [1.29, 1.82) is 0 Å². The van der Waals surface area contributed by atoms with Crippen LogP contribution in [0.4, 0.5) is 0 Å². The number of nitrogens with one attached hydrogen (secondary N) is 1. The molecule has 0 aliphatic heterocycles. The fourth-order valence-electron chi connectivity index (χ4n) is 3.75. The number of nitrogens with two attached hydrogens (primary N) is 1. The third-order valence-electron chi connectivity index (χ3n) is 6.36. The molecule has 0 amide bonds. The van der Waals surface area contributed by atoms with Gasteiger partial charge in [0.2, 0.25) is 0 Å². The number of carbonyl (C=O) groups is 1. The van der Waals surface area contributed by atoms with Crippen LogP contribution in [-0.2, 0) is 40.3 Å². The number of aromatic nitrogens is 2. The van der Waals surface area contributed by atoms with Crippen LogP contribution in [0.25, 0.3) is 0 Å². The van der Waals surface area contributed by atoms with E-state index in [1.807, 2.05) is 29.7 Å². The summed E-state index contributed by atoms with van der Waals surface area (Å²) < 4.78 is 50.9. The van der Waals surface area contributed by atoms with Crippen LogP contribution < -0.4 is 5.73 Å². The van der Waals surface area contributed by atoms with Crippen LogP contribution in [0.2, 0.25) is 0 Å². The highest BCUT2D eigenvalue weighted by Gasteiger charge is 2.03. The third-order valence-corrected chi connectivity index (χ3v) is 11.7. The lowest BCUT2D eigenvalue weighted by Crippen LogP contribution is -2.07. The van der Waals surface area contributed by atoms with E-state index >= 15 is 0 Å². The van der Waals surface area contributed by atoms with E-state index in [-0.39, 0.29) is 12.2 Å². The van der Waals surface area contributed by atoms with E-state index < -0.39 is 16.1 Å². The number of hydrogen-bond donors (Lipinski definition) is 4. The second kappa shape index (κ2) is 46.8. The number of aryl methyl sites for hydroxylation is 1. The fraction of sp³-hybridized carbons (Fsp3) is 0.900. The molecule has 0 aliphatic rings. The normalized spacial score (nSPS) is 11.3. The number of aromatic amines is 1. The van der Waals surface area contributed by atoms with Crippen molar-refractivity contribution in [3.63, 3.8) is 0 Å². The molecular weight excluding hydrogens is 827 g/mol. The van der Waals surface area contributed by atoms with Crippen LogP contribution in [0.3, 0.4) is 0 Å². The van der Waals surface area contributed by atoms with Gasteiger partial charge < -0.3 is 34.8 Å². The van der Waals surface area contributed by atoms with Crippen LogP contribution in [0, 0.1) is 23.7 Å². The van der Waals surface area contributed by atoms with E-state index in [4.69, 9.17) is 34.3 Å². The topological polar surface area (TPSA) is 183 Å². The predicted octanol–water partition coefficient (Wildman–Crippen LogP) is 8.42. The molecule has 57 heavy (non-hydrogen) atoms. The predicted molar refractivity (Wildman–Crippen MR) is 250 cm³/mol. The fourth-order valence-corrected chi connectivity index (χ4v) is 7.99. The molecule has 342 valence electrons. The molecule has 1 heterocycles. The molecule has 12 nitrogen and oxygen atoms in total. The van der Waals surface area contributed by atoms with Gasteiger partial charge in [-0.2, -0.15) is 55.5 Å². The minimum atomic E-state index is -3.78. The minimum Gasteiger partial charge on any atom is -0.481 e. The van der Waals surface area contributed by atoms with Crippen LogP contribution >= 0.6 is 47.0 Å². The SMILES string of the molecule is CC(C)COCCCSCCC(=O)O.CC(C)COCCCSCCN.CC(C)COCCCSCCS(=O)(=O)O.CC(C)COCCCSCCc1ncc[nH]1. The highest BCUT2D eigenvalue weighted by atomic mass is 32.2. The third kappa shape index (κ3) is 65.1. The van der Waals surface area contributed by atoms with Crippen molar-refractivity contribution in [2.75, 3.05) is 111 Å². The molecule has 1 aromatic heterocycles. The van der Waals surface area contributed by atoms with Crippen LogP contribution in [0.5, 0.6) is 0 Å². The number of H-pyrrole nitrogens is 1. The summed E-state index contributed by atoms with van der Waals surface area (Å²) in [5.74, 6) is 10.2. The van der Waals surface area contributed by atoms with E-state index in [1.165, 1.54) is 23.3 Å².